The smallest absolute Gasteiger partial charge is 0.309 e. The minimum absolute atomic E-state index is 0.287. The number of benzene rings is 1. The summed E-state index contributed by atoms with van der Waals surface area (Å²) in [7, 11) is 0. The average Bonchev–Trinajstić information content (AvgIpc) is 3.05. The summed E-state index contributed by atoms with van der Waals surface area (Å²) < 4.78 is 3.01. The van der Waals surface area contributed by atoms with E-state index in [0.717, 1.165) is 31.2 Å². The van der Waals surface area contributed by atoms with Gasteiger partial charge in [0.05, 0.1) is 10.9 Å². The molecule has 8 heteroatoms. The summed E-state index contributed by atoms with van der Waals surface area (Å²) in [6, 6.07) is 11.1. The van der Waals surface area contributed by atoms with Crippen LogP contribution in [-0.4, -0.2) is 24.1 Å². The molecule has 0 fully saturated rings. The van der Waals surface area contributed by atoms with Gasteiger partial charge in [-0.15, -0.1) is 0 Å². The van der Waals surface area contributed by atoms with E-state index < -0.39 is 11.2 Å². The molecule has 4 rings (SSSR count). The van der Waals surface area contributed by atoms with Crippen LogP contribution >= 0.6 is 0 Å². The molecule has 0 saturated carbocycles. The molecule has 1 N–H and O–H groups in total. The summed E-state index contributed by atoms with van der Waals surface area (Å²) in [4.78, 5) is 51.9. The summed E-state index contributed by atoms with van der Waals surface area (Å²) in [6.45, 7) is 5.13. The number of rotatable bonds is 21. The van der Waals surface area contributed by atoms with E-state index in [1.165, 1.54) is 88.0 Å². The third kappa shape index (κ3) is 9.72. The van der Waals surface area contributed by atoms with Crippen LogP contribution in [0.4, 0.5) is 0 Å². The maximum atomic E-state index is 13.5. The number of pyridine rings is 1. The van der Waals surface area contributed by atoms with Crippen LogP contribution in [0.15, 0.2) is 50.8 Å². The highest BCUT2D eigenvalue weighted by Crippen LogP contribution is 2.24. The molecule has 1 aromatic carbocycles. The summed E-state index contributed by atoms with van der Waals surface area (Å²) in [5.41, 5.74) is 0.269. The standard InChI is InChI=1S/C37H53N5O3/c1-3-5-7-8-9-10-11-12-13-14-15-16-17-18-19-23-27-41-33-30(35(43)39-32(38-33)29-24-21-20-22-25-29)28-31-34(41)40-37(45)42(36(31)44)26-6-4-2/h20-22,24-25,28H,3-19,23,26-27H2,1-2H3,(H,38,39,43). The molecule has 2 aromatic rings. The van der Waals surface area contributed by atoms with Gasteiger partial charge in [0.15, 0.2) is 5.82 Å². The van der Waals surface area contributed by atoms with Gasteiger partial charge in [-0.05, 0) is 18.9 Å². The van der Waals surface area contributed by atoms with E-state index in [2.05, 4.69) is 16.9 Å². The van der Waals surface area contributed by atoms with E-state index in [-0.39, 0.29) is 11.1 Å². The first-order valence-corrected chi connectivity index (χ1v) is 17.7. The van der Waals surface area contributed by atoms with E-state index in [1.807, 2.05) is 41.8 Å². The molecular weight excluding hydrogens is 562 g/mol. The molecule has 2 aliphatic rings. The molecule has 8 nitrogen and oxygen atoms in total. The van der Waals surface area contributed by atoms with Crippen LogP contribution in [0, 0.1) is 0 Å². The molecule has 0 bridgehead atoms. The van der Waals surface area contributed by atoms with Gasteiger partial charge in [-0.3, -0.25) is 14.2 Å². The Morgan fingerprint density at radius 3 is 1.73 bits per heavy atom. The SMILES string of the molecule is CCCCCCCCCCCCCCCCCCn1c2nc(=O)n(CCCC)c(=O)c-2cc2c(=O)[nH]c(-c3ccccc3)nc21. The van der Waals surface area contributed by atoms with Crippen molar-refractivity contribution >= 4 is 11.0 Å². The Morgan fingerprint density at radius 2 is 1.16 bits per heavy atom. The Kier molecular flexibility index (Phi) is 14.1. The first-order valence-electron chi connectivity index (χ1n) is 17.7. The summed E-state index contributed by atoms with van der Waals surface area (Å²) >= 11 is 0. The maximum absolute atomic E-state index is 13.5. The Balaban J connectivity index is 1.39. The number of hydrogen-bond donors (Lipinski definition) is 1. The number of aryl methyl sites for hydroxylation is 1. The predicted octanol–water partition coefficient (Wildman–Crippen LogP) is 8.47. The van der Waals surface area contributed by atoms with Gasteiger partial charge in [-0.1, -0.05) is 147 Å². The highest BCUT2D eigenvalue weighted by atomic mass is 16.2. The second-order valence-corrected chi connectivity index (χ2v) is 12.6. The Labute approximate surface area is 267 Å². The zero-order valence-corrected chi connectivity index (χ0v) is 27.6. The first-order chi connectivity index (χ1) is 22.0. The molecule has 0 amide bonds. The quantitative estimate of drug-likeness (QED) is 0.0748. The lowest BCUT2D eigenvalue weighted by Crippen LogP contribution is -2.38. The van der Waals surface area contributed by atoms with Gasteiger partial charge in [0, 0.05) is 18.7 Å². The molecule has 45 heavy (non-hydrogen) atoms. The van der Waals surface area contributed by atoms with Crippen LogP contribution in [0.3, 0.4) is 0 Å². The lowest BCUT2D eigenvalue weighted by atomic mass is 10.0. The molecule has 3 heterocycles. The van der Waals surface area contributed by atoms with Crippen molar-refractivity contribution in [1.82, 2.24) is 24.1 Å². The fourth-order valence-electron chi connectivity index (χ4n) is 6.20. The van der Waals surface area contributed by atoms with Crippen molar-refractivity contribution in [1.29, 1.82) is 0 Å². The molecule has 0 radical (unpaired) electrons. The van der Waals surface area contributed by atoms with E-state index in [9.17, 15) is 14.4 Å². The topological polar surface area (TPSA) is 103 Å². The molecule has 0 spiro atoms. The zero-order valence-electron chi connectivity index (χ0n) is 27.6. The minimum atomic E-state index is -0.547. The molecule has 0 atom stereocenters. The van der Waals surface area contributed by atoms with E-state index in [4.69, 9.17) is 4.98 Å². The molecule has 0 unspecified atom stereocenters. The average molecular weight is 616 g/mol. The van der Waals surface area contributed by atoms with Gasteiger partial charge >= 0.3 is 5.69 Å². The van der Waals surface area contributed by atoms with Crippen molar-refractivity contribution in [3.05, 3.63) is 67.6 Å². The number of nitrogens with zero attached hydrogens (tertiary/aromatic N) is 4. The molecule has 0 aliphatic carbocycles. The van der Waals surface area contributed by atoms with Gasteiger partial charge in [0.25, 0.3) is 11.1 Å². The largest absolute Gasteiger partial charge is 0.352 e. The monoisotopic (exact) mass is 615 g/mol. The summed E-state index contributed by atoms with van der Waals surface area (Å²) in [5, 5.41) is 0.332. The Hall–Kier alpha value is -3.55. The van der Waals surface area contributed by atoms with Crippen molar-refractivity contribution in [2.24, 2.45) is 0 Å². The van der Waals surface area contributed by atoms with Gasteiger partial charge in [-0.2, -0.15) is 4.98 Å². The second kappa shape index (κ2) is 18.4. The number of H-pyrrole nitrogens is 1. The van der Waals surface area contributed by atoms with E-state index >= 15 is 0 Å². The third-order valence-corrected chi connectivity index (χ3v) is 8.90. The van der Waals surface area contributed by atoms with Crippen molar-refractivity contribution < 1.29 is 0 Å². The number of fused-ring (bicyclic) bond motifs is 2. The first kappa shape index (κ1) is 34.3. The highest BCUT2D eigenvalue weighted by molar-refractivity contribution is 5.83. The van der Waals surface area contributed by atoms with Gasteiger partial charge in [0.2, 0.25) is 0 Å². The summed E-state index contributed by atoms with van der Waals surface area (Å²) in [6.07, 6.45) is 22.1. The van der Waals surface area contributed by atoms with Crippen molar-refractivity contribution in [3.63, 3.8) is 0 Å². The Morgan fingerprint density at radius 1 is 0.622 bits per heavy atom. The number of aromatic nitrogens is 5. The van der Waals surface area contributed by atoms with Crippen molar-refractivity contribution in [3.8, 4) is 22.8 Å². The molecule has 1 aromatic heterocycles. The van der Waals surface area contributed by atoms with Crippen molar-refractivity contribution in [2.75, 3.05) is 0 Å². The fraction of sp³-hybridized carbons (Fsp3) is 0.595. The lowest BCUT2D eigenvalue weighted by Gasteiger charge is -2.18. The molecule has 2 aliphatic heterocycles. The maximum Gasteiger partial charge on any atom is 0.352 e. The van der Waals surface area contributed by atoms with Gasteiger partial charge in [0.1, 0.15) is 11.5 Å². The predicted molar refractivity (Wildman–Crippen MR) is 185 cm³/mol. The molecule has 0 saturated heterocycles. The number of unbranched alkanes of at least 4 members (excludes halogenated alkanes) is 16. The second-order valence-electron chi connectivity index (χ2n) is 12.6. The van der Waals surface area contributed by atoms with Crippen LogP contribution in [-0.2, 0) is 13.1 Å². The van der Waals surface area contributed by atoms with E-state index in [1.54, 1.807) is 6.07 Å². The van der Waals surface area contributed by atoms with Crippen LogP contribution in [0.5, 0.6) is 0 Å². The number of nitrogens with one attached hydrogen (secondary N) is 1. The van der Waals surface area contributed by atoms with Crippen LogP contribution in [0.1, 0.15) is 129 Å². The molecule has 244 valence electrons. The van der Waals surface area contributed by atoms with Crippen LogP contribution < -0.4 is 16.8 Å². The van der Waals surface area contributed by atoms with Crippen molar-refractivity contribution in [2.45, 2.75) is 143 Å². The lowest BCUT2D eigenvalue weighted by molar-refractivity contribution is 0.521. The normalized spacial score (nSPS) is 11.6. The third-order valence-electron chi connectivity index (χ3n) is 8.90. The molecular formula is C37H53N5O3. The minimum Gasteiger partial charge on any atom is -0.309 e. The Bertz CT molecular complexity index is 1600. The number of hydrogen-bond acceptors (Lipinski definition) is 5. The van der Waals surface area contributed by atoms with Crippen LogP contribution in [0.2, 0.25) is 0 Å². The van der Waals surface area contributed by atoms with Gasteiger partial charge in [-0.25, -0.2) is 9.78 Å². The van der Waals surface area contributed by atoms with E-state index in [0.29, 0.717) is 42.2 Å². The fourth-order valence-corrected chi connectivity index (χ4v) is 6.20. The van der Waals surface area contributed by atoms with Gasteiger partial charge < -0.3 is 9.55 Å². The summed E-state index contributed by atoms with van der Waals surface area (Å²) in [5.74, 6) is 0.759. The van der Waals surface area contributed by atoms with Crippen LogP contribution in [0.25, 0.3) is 33.8 Å². The highest BCUT2D eigenvalue weighted by Gasteiger charge is 2.22. The number of aromatic amines is 1. The zero-order chi connectivity index (χ0) is 31.9.